The third-order valence-electron chi connectivity index (χ3n) is 4.39. The van der Waals surface area contributed by atoms with Gasteiger partial charge in [0.15, 0.2) is 0 Å². The van der Waals surface area contributed by atoms with E-state index in [4.69, 9.17) is 9.88 Å². The summed E-state index contributed by atoms with van der Waals surface area (Å²) in [6.45, 7) is 2.04. The molecule has 8 nitrogen and oxygen atoms in total. The molecule has 142 valence electrons. The third kappa shape index (κ3) is 4.26. The molecular formula is C18H21N5O3S. The van der Waals surface area contributed by atoms with Crippen LogP contribution in [-0.4, -0.2) is 32.5 Å². The first-order chi connectivity index (χ1) is 12.8. The summed E-state index contributed by atoms with van der Waals surface area (Å²) < 4.78 is 29.8. The zero-order valence-corrected chi connectivity index (χ0v) is 16.1. The summed E-state index contributed by atoms with van der Waals surface area (Å²) in [5, 5.41) is 5.88. The lowest BCUT2D eigenvalue weighted by Gasteiger charge is -2.27. The van der Waals surface area contributed by atoms with Crippen molar-refractivity contribution in [3.8, 4) is 5.75 Å². The lowest BCUT2D eigenvalue weighted by atomic mass is 10.1. The minimum atomic E-state index is -3.79. The molecule has 1 unspecified atom stereocenters. The van der Waals surface area contributed by atoms with Crippen LogP contribution in [0.5, 0.6) is 5.75 Å². The molecule has 0 fully saturated rings. The summed E-state index contributed by atoms with van der Waals surface area (Å²) in [7, 11) is -0.224. The predicted molar refractivity (Wildman–Crippen MR) is 106 cm³/mol. The number of nitrogens with two attached hydrogens (primary N) is 1. The normalized spacial score (nSPS) is 12.6. The first-order valence-electron chi connectivity index (χ1n) is 8.20. The summed E-state index contributed by atoms with van der Waals surface area (Å²) in [6, 6.07) is 12.7. The fourth-order valence-corrected chi connectivity index (χ4v) is 3.30. The Kier molecular flexibility index (Phi) is 5.15. The smallest absolute Gasteiger partial charge is 0.296 e. The number of rotatable bonds is 6. The molecule has 0 aliphatic heterocycles. The number of nitrogens with one attached hydrogen (secondary N) is 1. The van der Waals surface area contributed by atoms with Crippen molar-refractivity contribution < 1.29 is 13.2 Å². The molecule has 1 aromatic heterocycles. The molecular weight excluding hydrogens is 366 g/mol. The highest BCUT2D eigenvalue weighted by molar-refractivity contribution is 7.90. The van der Waals surface area contributed by atoms with E-state index >= 15 is 0 Å². The van der Waals surface area contributed by atoms with Crippen LogP contribution < -0.4 is 19.5 Å². The molecule has 0 saturated heterocycles. The number of benzene rings is 2. The summed E-state index contributed by atoms with van der Waals surface area (Å²) in [5.74, 6) is 1.51. The number of hydrogen-bond acceptors (Lipinski definition) is 6. The van der Waals surface area contributed by atoms with Crippen molar-refractivity contribution in [1.29, 1.82) is 0 Å². The van der Waals surface area contributed by atoms with E-state index in [9.17, 15) is 8.42 Å². The van der Waals surface area contributed by atoms with Crippen LogP contribution in [0.3, 0.4) is 0 Å². The van der Waals surface area contributed by atoms with Crippen LogP contribution in [0.4, 0.5) is 11.5 Å². The average molecular weight is 387 g/mol. The van der Waals surface area contributed by atoms with Gasteiger partial charge in [0, 0.05) is 18.1 Å². The van der Waals surface area contributed by atoms with E-state index in [1.165, 1.54) is 6.33 Å². The Balaban J connectivity index is 1.91. The fraction of sp³-hybridized carbons (Fsp3) is 0.222. The highest BCUT2D eigenvalue weighted by Gasteiger charge is 2.17. The molecule has 0 amide bonds. The highest BCUT2D eigenvalue weighted by Crippen LogP contribution is 2.31. The van der Waals surface area contributed by atoms with Crippen molar-refractivity contribution in [2.75, 3.05) is 23.8 Å². The Morgan fingerprint density at radius 3 is 2.48 bits per heavy atom. The lowest BCUT2D eigenvalue weighted by Crippen LogP contribution is -2.23. The van der Waals surface area contributed by atoms with Crippen LogP contribution in [0.2, 0.25) is 0 Å². The lowest BCUT2D eigenvalue weighted by molar-refractivity contribution is 0.415. The van der Waals surface area contributed by atoms with Gasteiger partial charge in [0.05, 0.1) is 18.7 Å². The van der Waals surface area contributed by atoms with E-state index < -0.39 is 10.2 Å². The van der Waals surface area contributed by atoms with Crippen molar-refractivity contribution in [2.24, 2.45) is 5.14 Å². The van der Waals surface area contributed by atoms with Crippen LogP contribution in [0, 0.1) is 0 Å². The summed E-state index contributed by atoms with van der Waals surface area (Å²) in [4.78, 5) is 10.8. The first kappa shape index (κ1) is 18.9. The van der Waals surface area contributed by atoms with Crippen molar-refractivity contribution in [2.45, 2.75) is 13.0 Å². The summed E-state index contributed by atoms with van der Waals surface area (Å²) in [6.07, 6.45) is 1.53. The molecule has 0 aliphatic carbocycles. The predicted octanol–water partition coefficient (Wildman–Crippen LogP) is 2.45. The Hall–Kier alpha value is -2.91. The minimum absolute atomic E-state index is 0.0159. The molecule has 3 N–H and O–H groups in total. The van der Waals surface area contributed by atoms with Gasteiger partial charge >= 0.3 is 0 Å². The number of nitrogens with zero attached hydrogens (tertiary/aromatic N) is 3. The second-order valence-corrected chi connectivity index (χ2v) is 7.43. The molecule has 0 aliphatic rings. The van der Waals surface area contributed by atoms with Gasteiger partial charge in [-0.3, -0.25) is 4.72 Å². The van der Waals surface area contributed by atoms with Gasteiger partial charge in [0.1, 0.15) is 17.9 Å². The van der Waals surface area contributed by atoms with Gasteiger partial charge in [-0.25, -0.2) is 15.1 Å². The van der Waals surface area contributed by atoms with Crippen molar-refractivity contribution in [3.63, 3.8) is 0 Å². The molecule has 0 saturated carbocycles. The number of anilines is 2. The van der Waals surface area contributed by atoms with Crippen LogP contribution in [0.15, 0.2) is 48.8 Å². The topological polar surface area (TPSA) is 110 Å². The van der Waals surface area contributed by atoms with Gasteiger partial charge < -0.3 is 9.64 Å². The van der Waals surface area contributed by atoms with Crippen LogP contribution >= 0.6 is 0 Å². The van der Waals surface area contributed by atoms with Gasteiger partial charge in [-0.1, -0.05) is 12.1 Å². The first-order valence-corrected chi connectivity index (χ1v) is 9.75. The highest BCUT2D eigenvalue weighted by atomic mass is 32.2. The number of fused-ring (bicyclic) bond motifs is 1. The number of methoxy groups -OCH3 is 1. The maximum absolute atomic E-state index is 11.1. The van der Waals surface area contributed by atoms with Gasteiger partial charge in [0.2, 0.25) is 0 Å². The monoisotopic (exact) mass is 387 g/mol. The van der Waals surface area contributed by atoms with Crippen LogP contribution in [0.25, 0.3) is 10.9 Å². The molecule has 2 aromatic carbocycles. The SMILES string of the molecule is COc1ccc2ncnc(N(C)C(C)c3ccc(NS(N)(=O)=O)cc3)c2c1. The van der Waals surface area contributed by atoms with Crippen molar-refractivity contribution in [3.05, 3.63) is 54.4 Å². The molecule has 0 spiro atoms. The van der Waals surface area contributed by atoms with Crippen molar-refractivity contribution >= 4 is 32.6 Å². The summed E-state index contributed by atoms with van der Waals surface area (Å²) in [5.41, 5.74) is 2.23. The molecule has 27 heavy (non-hydrogen) atoms. The quantitative estimate of drug-likeness (QED) is 0.672. The second-order valence-electron chi connectivity index (χ2n) is 6.14. The average Bonchev–Trinajstić information content (AvgIpc) is 2.65. The molecule has 1 atom stereocenters. The molecule has 3 rings (SSSR count). The third-order valence-corrected chi connectivity index (χ3v) is 4.91. The van der Waals surface area contributed by atoms with E-state index in [2.05, 4.69) is 14.7 Å². The standard InChI is InChI=1S/C18H21N5O3S/c1-12(13-4-6-14(7-5-13)22-27(19,24)25)23(2)18-16-10-15(26-3)8-9-17(16)20-11-21-18/h4-12,22H,1-3H3,(H2,19,24,25). The number of hydrogen-bond donors (Lipinski definition) is 2. The molecule has 9 heteroatoms. The number of ether oxygens (including phenoxy) is 1. The van der Waals surface area contributed by atoms with Gasteiger partial charge in [-0.05, 0) is 42.8 Å². The maximum Gasteiger partial charge on any atom is 0.296 e. The van der Waals surface area contributed by atoms with Gasteiger partial charge in [-0.15, -0.1) is 0 Å². The Morgan fingerprint density at radius 1 is 1.15 bits per heavy atom. The zero-order valence-electron chi connectivity index (χ0n) is 15.2. The molecule has 0 radical (unpaired) electrons. The fourth-order valence-electron chi connectivity index (χ4n) is 2.83. The van der Waals surface area contributed by atoms with E-state index in [-0.39, 0.29) is 6.04 Å². The molecule has 3 aromatic rings. The van der Waals surface area contributed by atoms with Gasteiger partial charge in [-0.2, -0.15) is 8.42 Å². The van der Waals surface area contributed by atoms with Gasteiger partial charge in [0.25, 0.3) is 10.2 Å². The Morgan fingerprint density at radius 2 is 1.85 bits per heavy atom. The minimum Gasteiger partial charge on any atom is -0.497 e. The van der Waals surface area contributed by atoms with E-state index in [0.717, 1.165) is 28.0 Å². The van der Waals surface area contributed by atoms with E-state index in [1.54, 1.807) is 19.2 Å². The Bertz CT molecular complexity index is 1050. The van der Waals surface area contributed by atoms with E-state index in [1.807, 2.05) is 49.2 Å². The largest absolute Gasteiger partial charge is 0.497 e. The van der Waals surface area contributed by atoms with Crippen LogP contribution in [-0.2, 0) is 10.2 Å². The Labute approximate surface area is 158 Å². The molecule has 0 bridgehead atoms. The molecule has 1 heterocycles. The zero-order chi connectivity index (χ0) is 19.6. The summed E-state index contributed by atoms with van der Waals surface area (Å²) >= 11 is 0. The maximum atomic E-state index is 11.1. The number of aromatic nitrogens is 2. The second kappa shape index (κ2) is 7.37. The van der Waals surface area contributed by atoms with Crippen molar-refractivity contribution in [1.82, 2.24) is 9.97 Å². The van der Waals surface area contributed by atoms with Crippen LogP contribution in [0.1, 0.15) is 18.5 Å². The van der Waals surface area contributed by atoms with E-state index in [0.29, 0.717) is 5.69 Å².